The van der Waals surface area contributed by atoms with Gasteiger partial charge in [-0.05, 0) is 40.2 Å². The molecule has 1 saturated heterocycles. The largest absolute Gasteiger partial charge is 0.302 e. The van der Waals surface area contributed by atoms with E-state index in [0.29, 0.717) is 17.1 Å². The monoisotopic (exact) mass is 359 g/mol. The van der Waals surface area contributed by atoms with Crippen LogP contribution in [0.5, 0.6) is 0 Å². The molecule has 0 aromatic carbocycles. The Morgan fingerprint density at radius 1 is 1.36 bits per heavy atom. The minimum Gasteiger partial charge on any atom is -0.302 e. The summed E-state index contributed by atoms with van der Waals surface area (Å²) in [5.74, 6) is 0.337. The number of hydrogen-bond donors (Lipinski definition) is 1. The highest BCUT2D eigenvalue weighted by molar-refractivity contribution is 7.19. The van der Waals surface area contributed by atoms with E-state index in [1.807, 2.05) is 19.3 Å². The van der Waals surface area contributed by atoms with Gasteiger partial charge in [-0.2, -0.15) is 0 Å². The topological polar surface area (TPSA) is 71.0 Å². The summed E-state index contributed by atoms with van der Waals surface area (Å²) in [6.45, 7) is 10.1. The molecule has 1 N–H and O–H groups in total. The van der Waals surface area contributed by atoms with Crippen LogP contribution in [-0.2, 0) is 4.79 Å². The number of aryl methyl sites for hydroxylation is 1. The Kier molecular flexibility index (Phi) is 5.44. The minimum absolute atomic E-state index is 0.117. The molecule has 0 bridgehead atoms. The van der Waals surface area contributed by atoms with Crippen molar-refractivity contribution >= 4 is 22.4 Å². The van der Waals surface area contributed by atoms with Crippen molar-refractivity contribution in [1.29, 1.82) is 0 Å². The fourth-order valence-electron chi connectivity index (χ4n) is 3.22. The number of anilines is 1. The molecule has 2 aromatic rings. The number of amides is 1. The van der Waals surface area contributed by atoms with Gasteiger partial charge < -0.3 is 10.2 Å². The number of nitrogens with one attached hydrogen (secondary N) is 1. The summed E-state index contributed by atoms with van der Waals surface area (Å²) in [6, 6.07) is 0.571. The molecule has 25 heavy (non-hydrogen) atoms. The van der Waals surface area contributed by atoms with E-state index in [1.165, 1.54) is 37.6 Å². The molecule has 1 aliphatic rings. The Morgan fingerprint density at radius 3 is 2.80 bits per heavy atom. The standard InChI is InChI=1S/C18H25N5OS/c1-11(2)23-7-5-6-14(10-23)15-8-20-16(9-19-15)17-12(3)21-18(25-17)22-13(4)24/h8-9,11,14H,5-7,10H2,1-4H3,(H,21,22,24). The predicted octanol–water partition coefficient (Wildman–Crippen LogP) is 3.45. The van der Waals surface area contributed by atoms with Crippen molar-refractivity contribution in [2.24, 2.45) is 0 Å². The van der Waals surface area contributed by atoms with Crippen LogP contribution in [0.15, 0.2) is 12.4 Å². The van der Waals surface area contributed by atoms with Gasteiger partial charge in [0, 0.05) is 31.6 Å². The highest BCUT2D eigenvalue weighted by Crippen LogP contribution is 2.32. The Labute approximate surface area is 152 Å². The average Bonchev–Trinajstić information content (AvgIpc) is 2.94. The van der Waals surface area contributed by atoms with Crippen molar-refractivity contribution in [3.63, 3.8) is 0 Å². The fraction of sp³-hybridized carbons (Fsp3) is 0.556. The molecular weight excluding hydrogens is 334 g/mol. The minimum atomic E-state index is -0.117. The normalized spacial score (nSPS) is 18.5. The van der Waals surface area contributed by atoms with Crippen molar-refractivity contribution in [2.45, 2.75) is 52.5 Å². The summed E-state index contributed by atoms with van der Waals surface area (Å²) >= 11 is 1.43. The van der Waals surface area contributed by atoms with Crippen LogP contribution in [-0.4, -0.2) is 44.9 Å². The highest BCUT2D eigenvalue weighted by Gasteiger charge is 2.24. The molecule has 7 heteroatoms. The van der Waals surface area contributed by atoms with E-state index >= 15 is 0 Å². The van der Waals surface area contributed by atoms with E-state index in [-0.39, 0.29) is 5.91 Å². The van der Waals surface area contributed by atoms with Gasteiger partial charge in [-0.25, -0.2) is 4.98 Å². The Bertz CT molecular complexity index is 740. The number of thiazole rings is 1. The molecule has 1 unspecified atom stereocenters. The van der Waals surface area contributed by atoms with Gasteiger partial charge in [-0.3, -0.25) is 14.8 Å². The van der Waals surface area contributed by atoms with Gasteiger partial charge in [-0.15, -0.1) is 0 Å². The van der Waals surface area contributed by atoms with Gasteiger partial charge in [0.25, 0.3) is 0 Å². The van der Waals surface area contributed by atoms with Gasteiger partial charge in [0.05, 0.1) is 22.5 Å². The molecule has 134 valence electrons. The lowest BCUT2D eigenvalue weighted by Gasteiger charge is -2.35. The van der Waals surface area contributed by atoms with Crippen LogP contribution in [0.4, 0.5) is 5.13 Å². The van der Waals surface area contributed by atoms with E-state index in [2.05, 4.69) is 39.0 Å². The second kappa shape index (κ2) is 7.58. The van der Waals surface area contributed by atoms with Crippen LogP contribution >= 0.6 is 11.3 Å². The van der Waals surface area contributed by atoms with E-state index in [9.17, 15) is 4.79 Å². The second-order valence-electron chi connectivity index (χ2n) is 6.87. The first-order valence-electron chi connectivity index (χ1n) is 8.75. The summed E-state index contributed by atoms with van der Waals surface area (Å²) < 4.78 is 0. The number of nitrogens with zero attached hydrogens (tertiary/aromatic N) is 4. The molecular formula is C18H25N5OS. The average molecular weight is 359 g/mol. The number of likely N-dealkylation sites (tertiary alicyclic amines) is 1. The quantitative estimate of drug-likeness (QED) is 0.905. The molecule has 0 aliphatic carbocycles. The molecule has 3 rings (SSSR count). The van der Waals surface area contributed by atoms with E-state index in [4.69, 9.17) is 0 Å². The first-order valence-corrected chi connectivity index (χ1v) is 9.57. The lowest BCUT2D eigenvalue weighted by atomic mass is 9.94. The zero-order valence-corrected chi connectivity index (χ0v) is 16.1. The summed E-state index contributed by atoms with van der Waals surface area (Å²) in [5.41, 5.74) is 2.74. The Balaban J connectivity index is 1.76. The van der Waals surface area contributed by atoms with Gasteiger partial charge in [-0.1, -0.05) is 11.3 Å². The number of hydrogen-bond acceptors (Lipinski definition) is 6. The lowest BCUT2D eigenvalue weighted by molar-refractivity contribution is -0.114. The SMILES string of the molecule is CC(=O)Nc1nc(C)c(-c2cnc(C3CCCN(C(C)C)C3)cn2)s1. The van der Waals surface area contributed by atoms with Crippen molar-refractivity contribution in [3.05, 3.63) is 23.8 Å². The number of carbonyl (C=O) groups excluding carboxylic acids is 1. The summed E-state index contributed by atoms with van der Waals surface area (Å²) in [5, 5.41) is 3.33. The Hall–Kier alpha value is -1.86. The Morgan fingerprint density at radius 2 is 2.16 bits per heavy atom. The number of rotatable bonds is 4. The zero-order valence-electron chi connectivity index (χ0n) is 15.2. The molecule has 1 fully saturated rings. The van der Waals surface area contributed by atoms with Gasteiger partial charge in [0.2, 0.25) is 5.91 Å². The van der Waals surface area contributed by atoms with Crippen molar-refractivity contribution in [3.8, 4) is 10.6 Å². The summed E-state index contributed by atoms with van der Waals surface area (Å²) in [4.78, 5) is 28.3. The highest BCUT2D eigenvalue weighted by atomic mass is 32.1. The molecule has 1 aliphatic heterocycles. The van der Waals surface area contributed by atoms with Crippen LogP contribution in [0.25, 0.3) is 10.6 Å². The smallest absolute Gasteiger partial charge is 0.223 e. The first kappa shape index (κ1) is 17.9. The maximum atomic E-state index is 11.2. The van der Waals surface area contributed by atoms with Crippen molar-refractivity contribution < 1.29 is 4.79 Å². The van der Waals surface area contributed by atoms with Gasteiger partial charge in [0.1, 0.15) is 5.69 Å². The fourth-order valence-corrected chi connectivity index (χ4v) is 4.20. The van der Waals surface area contributed by atoms with E-state index in [1.54, 1.807) is 0 Å². The van der Waals surface area contributed by atoms with Gasteiger partial charge >= 0.3 is 0 Å². The number of carbonyl (C=O) groups is 1. The zero-order chi connectivity index (χ0) is 18.0. The lowest BCUT2D eigenvalue weighted by Crippen LogP contribution is -2.39. The van der Waals surface area contributed by atoms with Gasteiger partial charge in [0.15, 0.2) is 5.13 Å². The third-order valence-electron chi connectivity index (χ3n) is 4.59. The molecule has 3 heterocycles. The molecule has 0 saturated carbocycles. The second-order valence-corrected chi connectivity index (χ2v) is 7.87. The van der Waals surface area contributed by atoms with E-state index in [0.717, 1.165) is 28.5 Å². The third-order valence-corrected chi connectivity index (χ3v) is 5.68. The molecule has 1 atom stereocenters. The molecule has 1 amide bonds. The maximum absolute atomic E-state index is 11.2. The number of aromatic nitrogens is 3. The van der Waals surface area contributed by atoms with Crippen LogP contribution in [0.3, 0.4) is 0 Å². The predicted molar refractivity (Wildman–Crippen MR) is 101 cm³/mol. The van der Waals surface area contributed by atoms with Crippen molar-refractivity contribution in [2.75, 3.05) is 18.4 Å². The van der Waals surface area contributed by atoms with E-state index < -0.39 is 0 Å². The molecule has 2 aromatic heterocycles. The van der Waals surface area contributed by atoms with Crippen molar-refractivity contribution in [1.82, 2.24) is 19.9 Å². The molecule has 0 radical (unpaired) electrons. The molecule has 6 nitrogen and oxygen atoms in total. The van der Waals surface area contributed by atoms with Crippen LogP contribution < -0.4 is 5.32 Å². The summed E-state index contributed by atoms with van der Waals surface area (Å²) in [6.07, 6.45) is 6.12. The maximum Gasteiger partial charge on any atom is 0.223 e. The van der Waals surface area contributed by atoms with Crippen LogP contribution in [0, 0.1) is 6.92 Å². The number of piperidine rings is 1. The third kappa shape index (κ3) is 4.22. The summed E-state index contributed by atoms with van der Waals surface area (Å²) in [7, 11) is 0. The molecule has 0 spiro atoms. The van der Waals surface area contributed by atoms with Crippen LogP contribution in [0.1, 0.15) is 50.9 Å². The first-order chi connectivity index (χ1) is 11.9. The van der Waals surface area contributed by atoms with Crippen LogP contribution in [0.2, 0.25) is 0 Å².